The fraction of sp³-hybridized carbons (Fsp3) is 0.174. The summed E-state index contributed by atoms with van der Waals surface area (Å²) in [6.45, 7) is 0.999. The Hall–Kier alpha value is -3.67. The molecule has 1 aliphatic rings. The first-order chi connectivity index (χ1) is 14.2. The van der Waals surface area contributed by atoms with Crippen LogP contribution in [0, 0.1) is 0 Å². The van der Waals surface area contributed by atoms with Gasteiger partial charge < -0.3 is 24.3 Å². The molecule has 0 atom stereocenters. The van der Waals surface area contributed by atoms with Crippen LogP contribution in [0.15, 0.2) is 66.7 Å². The van der Waals surface area contributed by atoms with Gasteiger partial charge in [-0.15, -0.1) is 0 Å². The van der Waals surface area contributed by atoms with Gasteiger partial charge in [-0.2, -0.15) is 0 Å². The van der Waals surface area contributed by atoms with E-state index in [0.29, 0.717) is 41.7 Å². The van der Waals surface area contributed by atoms with Gasteiger partial charge in [-0.05, 0) is 41.5 Å². The number of benzene rings is 3. The minimum atomic E-state index is -0.188. The van der Waals surface area contributed by atoms with Crippen LogP contribution in [0.4, 0.5) is 0 Å². The Morgan fingerprint density at radius 3 is 2.59 bits per heavy atom. The van der Waals surface area contributed by atoms with Crippen LogP contribution in [0.1, 0.15) is 21.5 Å². The number of carbonyl (C=O) groups is 1. The number of methoxy groups -OCH3 is 1. The van der Waals surface area contributed by atoms with Gasteiger partial charge in [-0.3, -0.25) is 4.79 Å². The van der Waals surface area contributed by atoms with E-state index in [4.69, 9.17) is 18.9 Å². The van der Waals surface area contributed by atoms with Crippen LogP contribution in [-0.4, -0.2) is 19.8 Å². The maximum atomic E-state index is 12.4. The smallest absolute Gasteiger partial charge is 0.251 e. The highest BCUT2D eigenvalue weighted by Crippen LogP contribution is 2.32. The topological polar surface area (TPSA) is 66.0 Å². The molecule has 0 unspecified atom stereocenters. The van der Waals surface area contributed by atoms with Gasteiger partial charge in [0, 0.05) is 12.1 Å². The molecule has 6 nitrogen and oxygen atoms in total. The third kappa shape index (κ3) is 4.43. The van der Waals surface area contributed by atoms with Gasteiger partial charge in [0.25, 0.3) is 5.91 Å². The van der Waals surface area contributed by atoms with E-state index < -0.39 is 0 Å². The molecule has 3 aromatic carbocycles. The zero-order valence-corrected chi connectivity index (χ0v) is 16.0. The number of hydrogen-bond donors (Lipinski definition) is 1. The van der Waals surface area contributed by atoms with Crippen LogP contribution in [0.25, 0.3) is 0 Å². The number of nitrogens with one attached hydrogen (secondary N) is 1. The van der Waals surface area contributed by atoms with Crippen molar-refractivity contribution in [2.24, 2.45) is 0 Å². The summed E-state index contributed by atoms with van der Waals surface area (Å²) in [6.07, 6.45) is 0. The summed E-state index contributed by atoms with van der Waals surface area (Å²) in [5, 5.41) is 2.90. The monoisotopic (exact) mass is 391 g/mol. The predicted molar refractivity (Wildman–Crippen MR) is 108 cm³/mol. The summed E-state index contributed by atoms with van der Waals surface area (Å²) in [4.78, 5) is 12.4. The van der Waals surface area contributed by atoms with Crippen LogP contribution in [-0.2, 0) is 13.2 Å². The molecule has 1 aliphatic heterocycles. The lowest BCUT2D eigenvalue weighted by atomic mass is 10.1. The van der Waals surface area contributed by atoms with Crippen molar-refractivity contribution in [3.63, 3.8) is 0 Å². The SMILES string of the molecule is COc1cc(CNC(=O)c2ccc3c(c2)OCO3)ccc1OCc1ccccc1. The van der Waals surface area contributed by atoms with Crippen molar-refractivity contribution >= 4 is 5.91 Å². The lowest BCUT2D eigenvalue weighted by Gasteiger charge is -2.13. The van der Waals surface area contributed by atoms with Gasteiger partial charge in [0.15, 0.2) is 23.0 Å². The fourth-order valence-electron chi connectivity index (χ4n) is 3.00. The maximum absolute atomic E-state index is 12.4. The third-order valence-electron chi connectivity index (χ3n) is 4.55. The Morgan fingerprint density at radius 1 is 0.931 bits per heavy atom. The van der Waals surface area contributed by atoms with E-state index >= 15 is 0 Å². The molecule has 0 radical (unpaired) electrons. The maximum Gasteiger partial charge on any atom is 0.251 e. The molecule has 1 heterocycles. The summed E-state index contributed by atoms with van der Waals surface area (Å²) < 4.78 is 21.9. The molecule has 3 aromatic rings. The molecule has 0 bridgehead atoms. The molecule has 0 aliphatic carbocycles. The Morgan fingerprint density at radius 2 is 1.76 bits per heavy atom. The quantitative estimate of drug-likeness (QED) is 0.661. The number of carbonyl (C=O) groups excluding carboxylic acids is 1. The Kier molecular flexibility index (Phi) is 5.52. The number of hydrogen-bond acceptors (Lipinski definition) is 5. The Labute approximate surface area is 169 Å². The van der Waals surface area contributed by atoms with E-state index in [1.807, 2.05) is 48.5 Å². The number of fused-ring (bicyclic) bond motifs is 1. The van der Waals surface area contributed by atoms with Gasteiger partial charge in [0.05, 0.1) is 7.11 Å². The van der Waals surface area contributed by atoms with Gasteiger partial charge >= 0.3 is 0 Å². The highest BCUT2D eigenvalue weighted by molar-refractivity contribution is 5.94. The molecule has 1 N–H and O–H groups in total. The van der Waals surface area contributed by atoms with Crippen molar-refractivity contribution in [1.82, 2.24) is 5.32 Å². The molecular weight excluding hydrogens is 370 g/mol. The molecule has 4 rings (SSSR count). The molecule has 148 valence electrons. The first-order valence-corrected chi connectivity index (χ1v) is 9.24. The Balaban J connectivity index is 1.38. The molecule has 0 spiro atoms. The average Bonchev–Trinajstić information content (AvgIpc) is 3.25. The molecule has 0 saturated carbocycles. The lowest BCUT2D eigenvalue weighted by molar-refractivity contribution is 0.0950. The summed E-state index contributed by atoms with van der Waals surface area (Å²) in [6, 6.07) is 20.7. The molecular formula is C23H21NO5. The van der Waals surface area contributed by atoms with Crippen molar-refractivity contribution in [1.29, 1.82) is 0 Å². The zero-order valence-electron chi connectivity index (χ0n) is 16.0. The summed E-state index contributed by atoms with van der Waals surface area (Å²) in [7, 11) is 1.60. The van der Waals surface area contributed by atoms with Gasteiger partial charge in [0.1, 0.15) is 6.61 Å². The van der Waals surface area contributed by atoms with Crippen molar-refractivity contribution < 1.29 is 23.7 Å². The van der Waals surface area contributed by atoms with Crippen molar-refractivity contribution in [2.75, 3.05) is 13.9 Å². The Bertz CT molecular complexity index is 1000. The first kappa shape index (κ1) is 18.7. The van der Waals surface area contributed by atoms with E-state index in [1.54, 1.807) is 25.3 Å². The highest BCUT2D eigenvalue weighted by atomic mass is 16.7. The van der Waals surface area contributed by atoms with Crippen LogP contribution in [0.5, 0.6) is 23.0 Å². The van der Waals surface area contributed by atoms with E-state index in [2.05, 4.69) is 5.32 Å². The molecule has 0 aromatic heterocycles. The van der Waals surface area contributed by atoms with Crippen molar-refractivity contribution in [2.45, 2.75) is 13.2 Å². The minimum Gasteiger partial charge on any atom is -0.493 e. The molecule has 1 amide bonds. The normalized spacial score (nSPS) is 11.8. The standard InChI is InChI=1S/C23H21NO5/c1-26-21-11-17(7-9-19(21)27-14-16-5-3-2-4-6-16)13-24-23(25)18-8-10-20-22(12-18)29-15-28-20/h2-12H,13-15H2,1H3,(H,24,25). The van der Waals surface area contributed by atoms with Crippen LogP contribution < -0.4 is 24.3 Å². The van der Waals surface area contributed by atoms with Crippen LogP contribution >= 0.6 is 0 Å². The predicted octanol–water partition coefficient (Wildman–Crippen LogP) is 3.93. The summed E-state index contributed by atoms with van der Waals surface area (Å²) in [5.74, 6) is 2.32. The number of ether oxygens (including phenoxy) is 4. The fourth-order valence-corrected chi connectivity index (χ4v) is 3.00. The summed E-state index contributed by atoms with van der Waals surface area (Å²) >= 11 is 0. The van der Waals surface area contributed by atoms with Crippen molar-refractivity contribution in [3.05, 3.63) is 83.4 Å². The molecule has 0 fully saturated rings. The van der Waals surface area contributed by atoms with Gasteiger partial charge in [-0.1, -0.05) is 36.4 Å². The summed E-state index contributed by atoms with van der Waals surface area (Å²) in [5.41, 5.74) is 2.50. The van der Waals surface area contributed by atoms with E-state index in [0.717, 1.165) is 11.1 Å². The second-order valence-electron chi connectivity index (χ2n) is 6.51. The molecule has 0 saturated heterocycles. The van der Waals surface area contributed by atoms with Gasteiger partial charge in [0.2, 0.25) is 6.79 Å². The van der Waals surface area contributed by atoms with E-state index in [1.165, 1.54) is 0 Å². The molecule has 6 heteroatoms. The average molecular weight is 391 g/mol. The number of amides is 1. The first-order valence-electron chi connectivity index (χ1n) is 9.24. The third-order valence-corrected chi connectivity index (χ3v) is 4.55. The highest BCUT2D eigenvalue weighted by Gasteiger charge is 2.16. The second-order valence-corrected chi connectivity index (χ2v) is 6.51. The molecule has 29 heavy (non-hydrogen) atoms. The number of rotatable bonds is 7. The minimum absolute atomic E-state index is 0.179. The largest absolute Gasteiger partial charge is 0.493 e. The van der Waals surface area contributed by atoms with Gasteiger partial charge in [-0.25, -0.2) is 0 Å². The van der Waals surface area contributed by atoms with Crippen LogP contribution in [0.2, 0.25) is 0 Å². The van der Waals surface area contributed by atoms with Crippen LogP contribution in [0.3, 0.4) is 0 Å². The van der Waals surface area contributed by atoms with E-state index in [9.17, 15) is 4.79 Å². The second kappa shape index (κ2) is 8.56. The zero-order chi connectivity index (χ0) is 20.1. The van der Waals surface area contributed by atoms with Crippen molar-refractivity contribution in [3.8, 4) is 23.0 Å². The van der Waals surface area contributed by atoms with E-state index in [-0.39, 0.29) is 12.7 Å². The lowest BCUT2D eigenvalue weighted by Crippen LogP contribution is -2.22.